The molecule has 6 rings (SSSR count). The first kappa shape index (κ1) is 20.5. The third-order valence-corrected chi connectivity index (χ3v) is 8.10. The zero-order chi connectivity index (χ0) is 22.7. The van der Waals surface area contributed by atoms with Crippen LogP contribution in [-0.2, 0) is 0 Å². The Balaban J connectivity index is 1.33. The van der Waals surface area contributed by atoms with Gasteiger partial charge in [0.15, 0.2) is 0 Å². The van der Waals surface area contributed by atoms with Crippen LogP contribution in [0.1, 0.15) is 0 Å². The second-order valence-corrected chi connectivity index (χ2v) is 10.4. The summed E-state index contributed by atoms with van der Waals surface area (Å²) in [7, 11) is 0. The molecule has 0 amide bonds. The van der Waals surface area contributed by atoms with E-state index in [1.165, 1.54) is 0 Å². The Labute approximate surface area is 202 Å². The van der Waals surface area contributed by atoms with E-state index in [2.05, 4.69) is 15.0 Å². The standard InChI is InChI=1S/3C9H7NO.Ga/c3*11-9-6-5-7-3-1-2-4-8(7)10-9;/h3*1-6H,(H,10,11);/q;;;+3/p-3. The Bertz CT molecular complexity index is 1430. The number of hydrogen-bond donors (Lipinski definition) is 0. The van der Waals surface area contributed by atoms with Crippen LogP contribution in [0.3, 0.4) is 0 Å². The number of rotatable bonds is 6. The Morgan fingerprint density at radius 1 is 0.382 bits per heavy atom. The van der Waals surface area contributed by atoms with Crippen molar-refractivity contribution < 1.29 is 10.6 Å². The molecule has 0 saturated heterocycles. The summed E-state index contributed by atoms with van der Waals surface area (Å²) in [6, 6.07) is 35.1. The van der Waals surface area contributed by atoms with Gasteiger partial charge in [-0.3, -0.25) is 0 Å². The molecular weight excluding hydrogens is 484 g/mol. The summed E-state index contributed by atoms with van der Waals surface area (Å²) in [5.74, 6) is 1.35. The molecular formula is C27H18GaN3O3. The molecule has 34 heavy (non-hydrogen) atoms. The third kappa shape index (κ3) is 4.39. The van der Waals surface area contributed by atoms with Crippen molar-refractivity contribution in [2.45, 2.75) is 0 Å². The SMILES string of the molecule is c1ccc2nc([O][Ga]([O]c3ccc4ccccc4n3)[O]c3ccc4ccccc4n3)ccc2c1. The van der Waals surface area contributed by atoms with E-state index in [0.717, 1.165) is 32.7 Å². The summed E-state index contributed by atoms with van der Waals surface area (Å²) in [6.45, 7) is 0. The van der Waals surface area contributed by atoms with E-state index < -0.39 is 17.3 Å². The van der Waals surface area contributed by atoms with Crippen LogP contribution >= 0.6 is 0 Å². The number of benzene rings is 3. The van der Waals surface area contributed by atoms with Crippen LogP contribution in [0.2, 0.25) is 0 Å². The molecule has 0 unspecified atom stereocenters. The number of para-hydroxylation sites is 3. The molecule has 6 nitrogen and oxygen atoms in total. The van der Waals surface area contributed by atoms with Crippen LogP contribution in [0.5, 0.6) is 17.6 Å². The fourth-order valence-corrected chi connectivity index (χ4v) is 6.08. The second kappa shape index (κ2) is 9.05. The molecule has 0 aliphatic heterocycles. The molecule has 0 radical (unpaired) electrons. The predicted molar refractivity (Wildman–Crippen MR) is 133 cm³/mol. The van der Waals surface area contributed by atoms with Crippen LogP contribution in [0, 0.1) is 0 Å². The van der Waals surface area contributed by atoms with Crippen molar-refractivity contribution in [2.24, 2.45) is 0 Å². The molecule has 0 aliphatic carbocycles. The van der Waals surface area contributed by atoms with E-state index in [1.54, 1.807) is 0 Å². The van der Waals surface area contributed by atoms with E-state index in [9.17, 15) is 0 Å². The maximum atomic E-state index is 6.21. The first-order chi connectivity index (χ1) is 16.8. The number of aromatic nitrogens is 3. The monoisotopic (exact) mass is 501 g/mol. The minimum atomic E-state index is -3.43. The van der Waals surface area contributed by atoms with Gasteiger partial charge >= 0.3 is 202 Å². The van der Waals surface area contributed by atoms with Crippen LogP contribution in [0.4, 0.5) is 0 Å². The molecule has 0 atom stereocenters. The Hall–Kier alpha value is -4.07. The molecule has 0 N–H and O–H groups in total. The summed E-state index contributed by atoms with van der Waals surface area (Å²) < 4.78 is 18.6. The topological polar surface area (TPSA) is 66.4 Å². The molecule has 3 aromatic carbocycles. The molecule has 0 aliphatic rings. The van der Waals surface area contributed by atoms with E-state index in [0.29, 0.717) is 17.6 Å². The van der Waals surface area contributed by atoms with Crippen LogP contribution < -0.4 is 10.6 Å². The van der Waals surface area contributed by atoms with Crippen molar-refractivity contribution >= 4 is 50.0 Å². The van der Waals surface area contributed by atoms with E-state index in [-0.39, 0.29) is 0 Å². The quantitative estimate of drug-likeness (QED) is 0.266. The first-order valence-electron chi connectivity index (χ1n) is 10.9. The summed E-state index contributed by atoms with van der Waals surface area (Å²) in [6.07, 6.45) is 0. The van der Waals surface area contributed by atoms with Crippen LogP contribution in [0.25, 0.3) is 32.7 Å². The molecule has 162 valence electrons. The van der Waals surface area contributed by atoms with Crippen molar-refractivity contribution in [1.82, 2.24) is 15.0 Å². The van der Waals surface area contributed by atoms with E-state index in [4.69, 9.17) is 10.6 Å². The zero-order valence-electron chi connectivity index (χ0n) is 18.0. The van der Waals surface area contributed by atoms with Crippen molar-refractivity contribution in [3.05, 3.63) is 109 Å². The van der Waals surface area contributed by atoms with Gasteiger partial charge in [0.2, 0.25) is 0 Å². The summed E-state index contributed by atoms with van der Waals surface area (Å²) in [5.41, 5.74) is 2.52. The van der Waals surface area contributed by atoms with Gasteiger partial charge in [-0.05, 0) is 0 Å². The molecule has 3 heterocycles. The molecule has 6 aromatic rings. The van der Waals surface area contributed by atoms with Gasteiger partial charge in [-0.2, -0.15) is 0 Å². The van der Waals surface area contributed by atoms with E-state index in [1.807, 2.05) is 109 Å². The predicted octanol–water partition coefficient (Wildman–Crippen LogP) is 5.85. The first-order valence-corrected chi connectivity index (χ1v) is 13.8. The van der Waals surface area contributed by atoms with Gasteiger partial charge in [0.25, 0.3) is 0 Å². The van der Waals surface area contributed by atoms with Crippen molar-refractivity contribution in [3.63, 3.8) is 0 Å². The molecule has 0 saturated carbocycles. The Kier molecular flexibility index (Phi) is 5.46. The normalized spacial score (nSPS) is 10.9. The average molecular weight is 502 g/mol. The average Bonchev–Trinajstić information content (AvgIpc) is 2.88. The molecule has 0 bridgehead atoms. The van der Waals surface area contributed by atoms with Crippen molar-refractivity contribution in [1.29, 1.82) is 0 Å². The van der Waals surface area contributed by atoms with Crippen LogP contribution in [-0.4, -0.2) is 32.3 Å². The fraction of sp³-hybridized carbons (Fsp3) is 0. The summed E-state index contributed by atoms with van der Waals surface area (Å²) >= 11 is -3.43. The molecule has 0 fully saturated rings. The zero-order valence-corrected chi connectivity index (χ0v) is 20.5. The number of fused-ring (bicyclic) bond motifs is 3. The maximum absolute atomic E-state index is 6.21. The Morgan fingerprint density at radius 2 is 0.706 bits per heavy atom. The molecule has 3 aromatic heterocycles. The number of pyridine rings is 3. The molecule has 7 heteroatoms. The van der Waals surface area contributed by atoms with E-state index >= 15 is 0 Å². The van der Waals surface area contributed by atoms with Gasteiger partial charge in [-0.15, -0.1) is 0 Å². The Morgan fingerprint density at radius 3 is 1.06 bits per heavy atom. The molecule has 0 spiro atoms. The van der Waals surface area contributed by atoms with Gasteiger partial charge in [-0.25, -0.2) is 0 Å². The minimum absolute atomic E-state index is 0.449. The van der Waals surface area contributed by atoms with Gasteiger partial charge < -0.3 is 0 Å². The summed E-state index contributed by atoms with van der Waals surface area (Å²) in [4.78, 5) is 13.9. The van der Waals surface area contributed by atoms with Gasteiger partial charge in [0, 0.05) is 0 Å². The van der Waals surface area contributed by atoms with Crippen molar-refractivity contribution in [3.8, 4) is 17.6 Å². The van der Waals surface area contributed by atoms with Crippen molar-refractivity contribution in [2.75, 3.05) is 0 Å². The summed E-state index contributed by atoms with van der Waals surface area (Å²) in [5, 5.41) is 3.11. The number of nitrogens with zero attached hydrogens (tertiary/aromatic N) is 3. The van der Waals surface area contributed by atoms with Gasteiger partial charge in [0.1, 0.15) is 0 Å². The fourth-order valence-electron chi connectivity index (χ4n) is 3.71. The van der Waals surface area contributed by atoms with Gasteiger partial charge in [-0.1, -0.05) is 0 Å². The third-order valence-electron chi connectivity index (χ3n) is 5.37. The second-order valence-electron chi connectivity index (χ2n) is 7.67. The van der Waals surface area contributed by atoms with Crippen LogP contribution in [0.15, 0.2) is 109 Å². The van der Waals surface area contributed by atoms with Gasteiger partial charge in [0.05, 0.1) is 0 Å². The number of hydrogen-bond acceptors (Lipinski definition) is 6.